The summed E-state index contributed by atoms with van der Waals surface area (Å²) in [5, 5.41) is 12.7. The summed E-state index contributed by atoms with van der Waals surface area (Å²) in [6.07, 6.45) is -0.313. The van der Waals surface area contributed by atoms with Crippen LogP contribution in [0.15, 0.2) is 0 Å². The van der Waals surface area contributed by atoms with Crippen LogP contribution in [0.3, 0.4) is 0 Å². The summed E-state index contributed by atoms with van der Waals surface area (Å²) in [5.41, 5.74) is 0.650. The Morgan fingerprint density at radius 1 is 1.43 bits per heavy atom. The van der Waals surface area contributed by atoms with Crippen molar-refractivity contribution in [1.82, 2.24) is 10.3 Å². The lowest BCUT2D eigenvalue weighted by atomic mass is 10.1. The lowest BCUT2D eigenvalue weighted by Gasteiger charge is -2.05. The average Bonchev–Trinajstić information content (AvgIpc) is 2.35. The molecule has 1 aromatic heterocycles. The number of amides is 1. The molecule has 6 heteroatoms. The minimum absolute atomic E-state index is 0.188. The molecule has 1 aliphatic rings. The predicted molar refractivity (Wildman–Crippen MR) is 52.7 cm³/mol. The van der Waals surface area contributed by atoms with E-state index < -0.39 is 6.10 Å². The highest BCUT2D eigenvalue weighted by atomic mass is 35.5. The monoisotopic (exact) mass is 234 g/mol. The van der Waals surface area contributed by atoms with E-state index in [9.17, 15) is 9.90 Å². The molecule has 2 heterocycles. The first kappa shape index (κ1) is 9.83. The van der Waals surface area contributed by atoms with Crippen molar-refractivity contribution < 1.29 is 9.90 Å². The van der Waals surface area contributed by atoms with Crippen molar-refractivity contribution in [3.05, 3.63) is 21.4 Å². The van der Waals surface area contributed by atoms with E-state index in [-0.39, 0.29) is 21.8 Å². The second kappa shape index (κ2) is 3.46. The number of aromatic nitrogens is 1. The second-order valence-corrected chi connectivity index (χ2v) is 3.86. The molecule has 0 radical (unpaired) electrons. The van der Waals surface area contributed by atoms with Crippen molar-refractivity contribution in [3.63, 3.8) is 0 Å². The van der Waals surface area contributed by atoms with E-state index in [4.69, 9.17) is 23.2 Å². The largest absolute Gasteiger partial charge is 0.388 e. The molecule has 2 rings (SSSR count). The molecule has 0 bridgehead atoms. The molecule has 0 spiro atoms. The Morgan fingerprint density at radius 2 is 2.14 bits per heavy atom. The van der Waals surface area contributed by atoms with Gasteiger partial charge in [0.05, 0.1) is 11.1 Å². The summed E-state index contributed by atoms with van der Waals surface area (Å²) in [7, 11) is 0. The molecular formula is C8H8Cl2N2O2. The number of carbonyl (C=O) groups is 1. The van der Waals surface area contributed by atoms with Gasteiger partial charge in [-0.05, 0) is 6.42 Å². The zero-order valence-electron chi connectivity index (χ0n) is 7.10. The molecule has 76 valence electrons. The number of nitrogens with one attached hydrogen (secondary N) is 2. The Kier molecular flexibility index (Phi) is 2.43. The van der Waals surface area contributed by atoms with Crippen LogP contribution in [0.25, 0.3) is 0 Å². The molecule has 0 aliphatic carbocycles. The third-order valence-corrected chi connectivity index (χ3v) is 2.97. The smallest absolute Gasteiger partial charge is 0.268 e. The predicted octanol–water partition coefficient (Wildman–Crippen LogP) is 1.49. The first-order valence-electron chi connectivity index (χ1n) is 4.14. The van der Waals surface area contributed by atoms with Gasteiger partial charge < -0.3 is 15.4 Å². The van der Waals surface area contributed by atoms with Gasteiger partial charge in [-0.2, -0.15) is 0 Å². The minimum atomic E-state index is -0.750. The van der Waals surface area contributed by atoms with E-state index in [1.54, 1.807) is 0 Å². The van der Waals surface area contributed by atoms with Crippen molar-refractivity contribution in [1.29, 1.82) is 0 Å². The van der Waals surface area contributed by atoms with Crippen LogP contribution in [-0.4, -0.2) is 22.5 Å². The highest BCUT2D eigenvalue weighted by Crippen LogP contribution is 2.35. The normalized spacial score (nSPS) is 21.4. The summed E-state index contributed by atoms with van der Waals surface area (Å²) in [4.78, 5) is 14.1. The third-order valence-electron chi connectivity index (χ3n) is 2.20. The summed E-state index contributed by atoms with van der Waals surface area (Å²) in [6, 6.07) is 0. The van der Waals surface area contributed by atoms with E-state index in [0.717, 1.165) is 0 Å². The van der Waals surface area contributed by atoms with Gasteiger partial charge in [-0.15, -0.1) is 0 Å². The maximum atomic E-state index is 11.4. The number of hydrogen-bond donors (Lipinski definition) is 3. The molecule has 4 nitrogen and oxygen atoms in total. The Morgan fingerprint density at radius 3 is 2.86 bits per heavy atom. The van der Waals surface area contributed by atoms with Crippen LogP contribution in [0.4, 0.5) is 0 Å². The van der Waals surface area contributed by atoms with Gasteiger partial charge >= 0.3 is 0 Å². The van der Waals surface area contributed by atoms with E-state index in [2.05, 4.69) is 10.3 Å². The number of aliphatic hydroxyl groups is 1. The summed E-state index contributed by atoms with van der Waals surface area (Å²) >= 11 is 11.6. The van der Waals surface area contributed by atoms with Crippen LogP contribution in [0, 0.1) is 0 Å². The number of halogens is 2. The highest BCUT2D eigenvalue weighted by molar-refractivity contribution is 6.42. The topological polar surface area (TPSA) is 65.1 Å². The number of aliphatic hydroxyl groups excluding tert-OH is 1. The van der Waals surface area contributed by atoms with Gasteiger partial charge in [0.1, 0.15) is 10.8 Å². The maximum Gasteiger partial charge on any atom is 0.268 e. The molecule has 0 saturated carbocycles. The Balaban J connectivity index is 2.59. The fourth-order valence-electron chi connectivity index (χ4n) is 1.51. The van der Waals surface area contributed by atoms with Crippen LogP contribution in [0.5, 0.6) is 0 Å². The van der Waals surface area contributed by atoms with Crippen LogP contribution in [-0.2, 0) is 0 Å². The molecular weight excluding hydrogens is 227 g/mol. The molecule has 14 heavy (non-hydrogen) atoms. The van der Waals surface area contributed by atoms with Crippen LogP contribution in [0.2, 0.25) is 10.2 Å². The van der Waals surface area contributed by atoms with Crippen molar-refractivity contribution in [3.8, 4) is 0 Å². The number of H-pyrrole nitrogens is 1. The molecule has 0 saturated heterocycles. The molecule has 1 atom stereocenters. The van der Waals surface area contributed by atoms with E-state index in [0.29, 0.717) is 18.5 Å². The molecule has 0 aromatic carbocycles. The number of fused-ring (bicyclic) bond motifs is 1. The summed E-state index contributed by atoms with van der Waals surface area (Å²) < 4.78 is 0. The van der Waals surface area contributed by atoms with Crippen LogP contribution < -0.4 is 5.32 Å². The molecule has 1 aromatic rings. The van der Waals surface area contributed by atoms with Crippen LogP contribution >= 0.6 is 23.2 Å². The number of carbonyl (C=O) groups excluding carboxylic acids is 1. The first-order valence-corrected chi connectivity index (χ1v) is 4.90. The van der Waals surface area contributed by atoms with Gasteiger partial charge in [-0.3, -0.25) is 4.79 Å². The van der Waals surface area contributed by atoms with Crippen molar-refractivity contribution in [2.45, 2.75) is 12.5 Å². The van der Waals surface area contributed by atoms with Crippen molar-refractivity contribution in [2.24, 2.45) is 0 Å². The molecule has 1 aliphatic heterocycles. The van der Waals surface area contributed by atoms with E-state index in [1.165, 1.54) is 0 Å². The Bertz CT molecular complexity index is 389. The number of hydrogen-bond acceptors (Lipinski definition) is 2. The Labute approximate surface area is 90.2 Å². The number of aromatic amines is 1. The lowest BCUT2D eigenvalue weighted by Crippen LogP contribution is -2.23. The zero-order chi connectivity index (χ0) is 10.3. The SMILES string of the molecule is O=C1NCCC(O)c2c1[nH]c(Cl)c2Cl. The van der Waals surface area contributed by atoms with Gasteiger partial charge in [-0.25, -0.2) is 0 Å². The standard InChI is InChI=1S/C8H8Cl2N2O2/c9-5-4-3(13)1-2-11-8(14)6(4)12-7(5)10/h3,12-13H,1-2H2,(H,11,14). The van der Waals surface area contributed by atoms with E-state index >= 15 is 0 Å². The second-order valence-electron chi connectivity index (χ2n) is 3.10. The molecule has 3 N–H and O–H groups in total. The fourth-order valence-corrected chi connectivity index (χ4v) is 1.97. The maximum absolute atomic E-state index is 11.4. The van der Waals surface area contributed by atoms with Crippen molar-refractivity contribution >= 4 is 29.1 Å². The van der Waals surface area contributed by atoms with Gasteiger partial charge in [-0.1, -0.05) is 23.2 Å². The van der Waals surface area contributed by atoms with Gasteiger partial charge in [0.2, 0.25) is 0 Å². The minimum Gasteiger partial charge on any atom is -0.388 e. The van der Waals surface area contributed by atoms with Crippen molar-refractivity contribution in [2.75, 3.05) is 6.54 Å². The van der Waals surface area contributed by atoms with Gasteiger partial charge in [0, 0.05) is 12.1 Å². The molecule has 1 unspecified atom stereocenters. The average molecular weight is 235 g/mol. The first-order chi connectivity index (χ1) is 6.61. The third kappa shape index (κ3) is 1.39. The lowest BCUT2D eigenvalue weighted by molar-refractivity contribution is 0.0951. The van der Waals surface area contributed by atoms with Crippen LogP contribution in [0.1, 0.15) is 28.6 Å². The molecule has 1 amide bonds. The van der Waals surface area contributed by atoms with Gasteiger partial charge in [0.15, 0.2) is 0 Å². The van der Waals surface area contributed by atoms with E-state index in [1.807, 2.05) is 0 Å². The summed E-state index contributed by atoms with van der Waals surface area (Å²) in [5.74, 6) is -0.287. The quantitative estimate of drug-likeness (QED) is 0.637. The molecule has 0 fully saturated rings. The van der Waals surface area contributed by atoms with Gasteiger partial charge in [0.25, 0.3) is 5.91 Å². The zero-order valence-corrected chi connectivity index (χ0v) is 8.61. The Hall–Kier alpha value is -0.710. The fraction of sp³-hybridized carbons (Fsp3) is 0.375. The highest BCUT2D eigenvalue weighted by Gasteiger charge is 2.27. The summed E-state index contributed by atoms with van der Waals surface area (Å²) in [6.45, 7) is 0.427. The number of rotatable bonds is 0.